The van der Waals surface area contributed by atoms with E-state index in [9.17, 15) is 4.39 Å². The van der Waals surface area contributed by atoms with E-state index < -0.39 is 0 Å². The fourth-order valence-corrected chi connectivity index (χ4v) is 3.05. The average Bonchev–Trinajstić information content (AvgIpc) is 2.69. The SMILES string of the molecule is Fc1ccc(OCCCN2CCN(CCOc3ccccc3)CC2)cc1. The maximum atomic E-state index is 12.8. The number of nitrogens with zero attached hydrogens (tertiary/aromatic N) is 2. The molecule has 2 aromatic carbocycles. The van der Waals surface area contributed by atoms with Crippen molar-refractivity contribution in [3.8, 4) is 11.5 Å². The Hall–Kier alpha value is -2.11. The Morgan fingerprint density at radius 3 is 1.96 bits per heavy atom. The second-order valence-corrected chi connectivity index (χ2v) is 6.50. The second-order valence-electron chi connectivity index (χ2n) is 6.50. The first-order chi connectivity index (χ1) is 12.8. The monoisotopic (exact) mass is 358 g/mol. The highest BCUT2D eigenvalue weighted by Gasteiger charge is 2.16. The number of benzene rings is 2. The van der Waals surface area contributed by atoms with Gasteiger partial charge in [-0.05, 0) is 42.8 Å². The van der Waals surface area contributed by atoms with Gasteiger partial charge in [0.1, 0.15) is 23.9 Å². The molecule has 0 N–H and O–H groups in total. The van der Waals surface area contributed by atoms with E-state index in [4.69, 9.17) is 9.47 Å². The van der Waals surface area contributed by atoms with Gasteiger partial charge in [-0.15, -0.1) is 0 Å². The Bertz CT molecular complexity index is 628. The summed E-state index contributed by atoms with van der Waals surface area (Å²) in [5.41, 5.74) is 0. The van der Waals surface area contributed by atoms with Crippen molar-refractivity contribution in [3.05, 3.63) is 60.4 Å². The standard InChI is InChI=1S/C21H27FN2O2/c22-19-7-9-21(10-8-19)25-17-4-11-23-12-14-24(15-13-23)16-18-26-20-5-2-1-3-6-20/h1-3,5-10H,4,11-18H2. The summed E-state index contributed by atoms with van der Waals surface area (Å²) >= 11 is 0. The van der Waals surface area contributed by atoms with Crippen molar-refractivity contribution in [2.75, 3.05) is 52.5 Å². The summed E-state index contributed by atoms with van der Waals surface area (Å²) in [4.78, 5) is 4.93. The number of para-hydroxylation sites is 1. The van der Waals surface area contributed by atoms with Gasteiger partial charge in [0.05, 0.1) is 6.61 Å². The van der Waals surface area contributed by atoms with Crippen LogP contribution in [0.5, 0.6) is 11.5 Å². The predicted molar refractivity (Wildman–Crippen MR) is 101 cm³/mol. The molecule has 0 spiro atoms. The molecule has 0 unspecified atom stereocenters. The molecule has 140 valence electrons. The van der Waals surface area contributed by atoms with Crippen molar-refractivity contribution in [1.82, 2.24) is 9.80 Å². The number of rotatable bonds is 9. The van der Waals surface area contributed by atoms with Crippen molar-refractivity contribution in [3.63, 3.8) is 0 Å². The van der Waals surface area contributed by atoms with E-state index in [1.54, 1.807) is 12.1 Å². The zero-order chi connectivity index (χ0) is 18.0. The van der Waals surface area contributed by atoms with Gasteiger partial charge in [-0.25, -0.2) is 4.39 Å². The van der Waals surface area contributed by atoms with Crippen molar-refractivity contribution in [2.45, 2.75) is 6.42 Å². The molecule has 0 bridgehead atoms. The van der Waals surface area contributed by atoms with Gasteiger partial charge in [0.15, 0.2) is 0 Å². The van der Waals surface area contributed by atoms with E-state index in [2.05, 4.69) is 9.80 Å². The summed E-state index contributed by atoms with van der Waals surface area (Å²) in [6.45, 7) is 7.73. The minimum Gasteiger partial charge on any atom is -0.494 e. The van der Waals surface area contributed by atoms with E-state index in [0.717, 1.165) is 63.8 Å². The Morgan fingerprint density at radius 1 is 0.692 bits per heavy atom. The van der Waals surface area contributed by atoms with E-state index in [0.29, 0.717) is 6.61 Å². The summed E-state index contributed by atoms with van der Waals surface area (Å²) in [6, 6.07) is 16.2. The molecule has 1 saturated heterocycles. The van der Waals surface area contributed by atoms with Gasteiger partial charge in [-0.2, -0.15) is 0 Å². The van der Waals surface area contributed by atoms with Crippen LogP contribution in [0.1, 0.15) is 6.42 Å². The van der Waals surface area contributed by atoms with Crippen LogP contribution >= 0.6 is 0 Å². The van der Waals surface area contributed by atoms with Crippen LogP contribution < -0.4 is 9.47 Å². The van der Waals surface area contributed by atoms with Crippen LogP contribution in [0, 0.1) is 5.82 Å². The van der Waals surface area contributed by atoms with E-state index in [1.807, 2.05) is 30.3 Å². The Kier molecular flexibility index (Phi) is 7.28. The fourth-order valence-electron chi connectivity index (χ4n) is 3.05. The van der Waals surface area contributed by atoms with Crippen LogP contribution in [-0.2, 0) is 0 Å². The zero-order valence-corrected chi connectivity index (χ0v) is 15.1. The Morgan fingerprint density at radius 2 is 1.27 bits per heavy atom. The lowest BCUT2D eigenvalue weighted by Gasteiger charge is -2.34. The Labute approximate surface area is 155 Å². The van der Waals surface area contributed by atoms with Crippen LogP contribution in [0.25, 0.3) is 0 Å². The molecule has 0 aromatic heterocycles. The average molecular weight is 358 g/mol. The lowest BCUT2D eigenvalue weighted by Crippen LogP contribution is -2.47. The molecular weight excluding hydrogens is 331 g/mol. The molecule has 26 heavy (non-hydrogen) atoms. The van der Waals surface area contributed by atoms with Gasteiger partial charge < -0.3 is 14.4 Å². The van der Waals surface area contributed by atoms with E-state index >= 15 is 0 Å². The molecule has 1 heterocycles. The molecule has 0 radical (unpaired) electrons. The third-order valence-electron chi connectivity index (χ3n) is 4.59. The van der Waals surface area contributed by atoms with Crippen molar-refractivity contribution in [2.24, 2.45) is 0 Å². The first-order valence-corrected chi connectivity index (χ1v) is 9.30. The third-order valence-corrected chi connectivity index (χ3v) is 4.59. The molecule has 0 aliphatic carbocycles. The highest BCUT2D eigenvalue weighted by Crippen LogP contribution is 2.12. The lowest BCUT2D eigenvalue weighted by atomic mass is 10.3. The van der Waals surface area contributed by atoms with Gasteiger partial charge in [0.25, 0.3) is 0 Å². The van der Waals surface area contributed by atoms with E-state index in [1.165, 1.54) is 12.1 Å². The topological polar surface area (TPSA) is 24.9 Å². The fraction of sp³-hybridized carbons (Fsp3) is 0.429. The molecular formula is C21H27FN2O2. The van der Waals surface area contributed by atoms with Crippen LogP contribution in [0.15, 0.2) is 54.6 Å². The normalized spacial score (nSPS) is 15.7. The van der Waals surface area contributed by atoms with Gasteiger partial charge in [-0.3, -0.25) is 4.90 Å². The molecule has 4 nitrogen and oxygen atoms in total. The molecule has 1 aliphatic rings. The van der Waals surface area contributed by atoms with Gasteiger partial charge in [0, 0.05) is 39.3 Å². The summed E-state index contributed by atoms with van der Waals surface area (Å²) in [7, 11) is 0. The predicted octanol–water partition coefficient (Wildman–Crippen LogP) is 3.29. The molecule has 0 atom stereocenters. The van der Waals surface area contributed by atoms with Crippen LogP contribution in [0.4, 0.5) is 4.39 Å². The molecule has 0 amide bonds. The molecule has 1 fully saturated rings. The van der Waals surface area contributed by atoms with Crippen LogP contribution in [0.2, 0.25) is 0 Å². The minimum absolute atomic E-state index is 0.232. The summed E-state index contributed by atoms with van der Waals surface area (Å²) < 4.78 is 24.3. The summed E-state index contributed by atoms with van der Waals surface area (Å²) in [5.74, 6) is 1.44. The maximum Gasteiger partial charge on any atom is 0.123 e. The quantitative estimate of drug-likeness (QED) is 0.642. The number of halogens is 1. The molecule has 0 saturated carbocycles. The smallest absolute Gasteiger partial charge is 0.123 e. The van der Waals surface area contributed by atoms with Crippen molar-refractivity contribution < 1.29 is 13.9 Å². The van der Waals surface area contributed by atoms with Gasteiger partial charge in [0.2, 0.25) is 0 Å². The van der Waals surface area contributed by atoms with Gasteiger partial charge in [-0.1, -0.05) is 18.2 Å². The second kappa shape index (κ2) is 10.1. The zero-order valence-electron chi connectivity index (χ0n) is 15.1. The lowest BCUT2D eigenvalue weighted by molar-refractivity contribution is 0.112. The van der Waals surface area contributed by atoms with Crippen molar-refractivity contribution in [1.29, 1.82) is 0 Å². The minimum atomic E-state index is -0.232. The first kappa shape index (κ1) is 18.7. The number of ether oxygens (including phenoxy) is 2. The third kappa shape index (κ3) is 6.32. The number of piperazine rings is 1. The van der Waals surface area contributed by atoms with E-state index in [-0.39, 0.29) is 5.82 Å². The van der Waals surface area contributed by atoms with Crippen LogP contribution in [-0.4, -0.2) is 62.3 Å². The highest BCUT2D eigenvalue weighted by atomic mass is 19.1. The Balaban J connectivity index is 1.24. The summed E-state index contributed by atoms with van der Waals surface area (Å²) in [5, 5.41) is 0. The number of hydrogen-bond acceptors (Lipinski definition) is 4. The maximum absolute atomic E-state index is 12.8. The molecule has 1 aliphatic heterocycles. The summed E-state index contributed by atoms with van der Waals surface area (Å²) in [6.07, 6.45) is 0.981. The number of hydrogen-bond donors (Lipinski definition) is 0. The first-order valence-electron chi connectivity index (χ1n) is 9.30. The molecule has 3 rings (SSSR count). The van der Waals surface area contributed by atoms with Crippen LogP contribution in [0.3, 0.4) is 0 Å². The molecule has 2 aromatic rings. The highest BCUT2D eigenvalue weighted by molar-refractivity contribution is 5.22. The van der Waals surface area contributed by atoms with Crippen molar-refractivity contribution >= 4 is 0 Å². The largest absolute Gasteiger partial charge is 0.494 e. The molecule has 5 heteroatoms. The van der Waals surface area contributed by atoms with Gasteiger partial charge >= 0.3 is 0 Å².